The first-order valence-corrected chi connectivity index (χ1v) is 16.1. The summed E-state index contributed by atoms with van der Waals surface area (Å²) < 4.78 is 0. The van der Waals surface area contributed by atoms with Crippen LogP contribution in [0.2, 0.25) is 0 Å². The maximum absolute atomic E-state index is 11.7. The molecule has 218 valence electrons. The van der Waals surface area contributed by atoms with Crippen molar-refractivity contribution in [3.05, 3.63) is 95.6 Å². The van der Waals surface area contributed by atoms with Gasteiger partial charge in [-0.15, -0.1) is 0 Å². The van der Waals surface area contributed by atoms with E-state index in [1.807, 2.05) is 7.05 Å². The Balaban J connectivity index is 1.40. The second-order valence-electron chi connectivity index (χ2n) is 12.3. The molecule has 1 aliphatic rings. The molecule has 0 aromatic heterocycles. The van der Waals surface area contributed by atoms with Crippen LogP contribution in [0, 0.1) is 12.8 Å². The number of benzene rings is 3. The number of amides is 1. The molecule has 0 aliphatic heterocycles. The lowest BCUT2D eigenvalue weighted by Crippen LogP contribution is -2.25. The van der Waals surface area contributed by atoms with E-state index in [0.717, 1.165) is 37.6 Å². The number of carbonyl (C=O) groups excluding carboxylic acids is 1. The maximum Gasteiger partial charge on any atom is 0.245 e. The van der Waals surface area contributed by atoms with E-state index in [1.165, 1.54) is 96.4 Å². The number of nitrogens with zero attached hydrogens (tertiary/aromatic N) is 1. The van der Waals surface area contributed by atoms with Gasteiger partial charge < -0.3 is 4.90 Å². The van der Waals surface area contributed by atoms with Crippen LogP contribution in [0.1, 0.15) is 99.8 Å². The lowest BCUT2D eigenvalue weighted by Gasteiger charge is -2.29. The Hall–Kier alpha value is -3.13. The van der Waals surface area contributed by atoms with Crippen molar-refractivity contribution in [3.63, 3.8) is 0 Å². The van der Waals surface area contributed by atoms with E-state index in [9.17, 15) is 4.79 Å². The van der Waals surface area contributed by atoms with Crippen LogP contribution in [-0.2, 0) is 17.6 Å². The van der Waals surface area contributed by atoms with E-state index in [4.69, 9.17) is 0 Å². The molecule has 1 aliphatic carbocycles. The molecule has 0 N–H and O–H groups in total. The zero-order valence-corrected chi connectivity index (χ0v) is 26.1. The van der Waals surface area contributed by atoms with Gasteiger partial charge in [-0.25, -0.2) is 0 Å². The number of hydrogen-bond donors (Lipinski definition) is 0. The fourth-order valence-corrected chi connectivity index (χ4v) is 6.70. The van der Waals surface area contributed by atoms with E-state index in [0.29, 0.717) is 0 Å². The minimum Gasteiger partial charge on any atom is -0.342 e. The quantitative estimate of drug-likeness (QED) is 0.153. The zero-order chi connectivity index (χ0) is 29.2. The van der Waals surface area contributed by atoms with E-state index < -0.39 is 0 Å². The van der Waals surface area contributed by atoms with Crippen LogP contribution in [0.15, 0.2) is 73.3 Å². The van der Waals surface area contributed by atoms with Gasteiger partial charge in [0.15, 0.2) is 0 Å². The number of aryl methyl sites for hydroxylation is 3. The van der Waals surface area contributed by atoms with Gasteiger partial charge in [0.25, 0.3) is 0 Å². The first-order chi connectivity index (χ1) is 19.9. The molecular formula is C39H51NO. The molecule has 41 heavy (non-hydrogen) atoms. The highest BCUT2D eigenvalue weighted by Gasteiger charge is 2.22. The van der Waals surface area contributed by atoms with Gasteiger partial charge in [-0.1, -0.05) is 107 Å². The molecule has 1 amide bonds. The molecule has 0 unspecified atom stereocenters. The first kappa shape index (κ1) is 30.8. The topological polar surface area (TPSA) is 20.3 Å². The predicted octanol–water partition coefficient (Wildman–Crippen LogP) is 10.3. The van der Waals surface area contributed by atoms with Crippen molar-refractivity contribution in [2.24, 2.45) is 5.92 Å². The van der Waals surface area contributed by atoms with Gasteiger partial charge in [0.2, 0.25) is 5.91 Å². The third kappa shape index (κ3) is 8.22. The van der Waals surface area contributed by atoms with Gasteiger partial charge in [-0.2, -0.15) is 0 Å². The summed E-state index contributed by atoms with van der Waals surface area (Å²) in [5, 5.41) is 0. The Bertz CT molecular complexity index is 1280. The summed E-state index contributed by atoms with van der Waals surface area (Å²) in [7, 11) is 1.83. The molecule has 0 saturated heterocycles. The zero-order valence-electron chi connectivity index (χ0n) is 26.1. The number of rotatable bonds is 13. The van der Waals surface area contributed by atoms with Gasteiger partial charge in [-0.3, -0.25) is 4.79 Å². The second-order valence-corrected chi connectivity index (χ2v) is 12.3. The average Bonchev–Trinajstić information content (AvgIpc) is 3.01. The van der Waals surface area contributed by atoms with Gasteiger partial charge in [0.1, 0.15) is 0 Å². The van der Waals surface area contributed by atoms with E-state index in [-0.39, 0.29) is 5.91 Å². The smallest absolute Gasteiger partial charge is 0.245 e. The Morgan fingerprint density at radius 3 is 2.24 bits per heavy atom. The summed E-state index contributed by atoms with van der Waals surface area (Å²) in [5.74, 6) is 1.68. The summed E-state index contributed by atoms with van der Waals surface area (Å²) in [6.45, 7) is 11.2. The fourth-order valence-electron chi connectivity index (χ4n) is 6.70. The number of unbranched alkanes of at least 4 members (excludes halogenated alkanes) is 2. The summed E-state index contributed by atoms with van der Waals surface area (Å²) in [5.41, 5.74) is 10.9. The van der Waals surface area contributed by atoms with Gasteiger partial charge in [0.05, 0.1) is 0 Å². The summed E-state index contributed by atoms with van der Waals surface area (Å²) in [6, 6.07) is 23.3. The molecule has 0 heterocycles. The van der Waals surface area contributed by atoms with Crippen molar-refractivity contribution in [3.8, 4) is 22.3 Å². The van der Waals surface area contributed by atoms with Crippen LogP contribution in [0.25, 0.3) is 22.3 Å². The highest BCUT2D eigenvalue weighted by molar-refractivity contribution is 5.86. The number of carbonyl (C=O) groups is 1. The van der Waals surface area contributed by atoms with Crippen molar-refractivity contribution in [2.75, 3.05) is 13.6 Å². The third-order valence-corrected chi connectivity index (χ3v) is 9.36. The lowest BCUT2D eigenvalue weighted by atomic mass is 9.76. The lowest BCUT2D eigenvalue weighted by molar-refractivity contribution is -0.124. The molecule has 2 nitrogen and oxygen atoms in total. The highest BCUT2D eigenvalue weighted by Crippen LogP contribution is 2.39. The van der Waals surface area contributed by atoms with Crippen LogP contribution >= 0.6 is 0 Å². The van der Waals surface area contributed by atoms with Crippen molar-refractivity contribution in [2.45, 2.75) is 97.3 Å². The van der Waals surface area contributed by atoms with Gasteiger partial charge >= 0.3 is 0 Å². The first-order valence-electron chi connectivity index (χ1n) is 16.1. The Kier molecular flexibility index (Phi) is 11.4. The predicted molar refractivity (Wildman–Crippen MR) is 176 cm³/mol. The second kappa shape index (κ2) is 15.2. The summed E-state index contributed by atoms with van der Waals surface area (Å²) >= 11 is 0. The molecule has 3 aromatic carbocycles. The minimum absolute atomic E-state index is 0.0163. The van der Waals surface area contributed by atoms with Crippen molar-refractivity contribution in [1.82, 2.24) is 4.90 Å². The van der Waals surface area contributed by atoms with Gasteiger partial charge in [0, 0.05) is 13.6 Å². The van der Waals surface area contributed by atoms with Crippen molar-refractivity contribution < 1.29 is 4.79 Å². The Morgan fingerprint density at radius 2 is 1.59 bits per heavy atom. The average molecular weight is 550 g/mol. The fraction of sp³-hybridized carbons (Fsp3) is 0.462. The van der Waals surface area contributed by atoms with Crippen molar-refractivity contribution in [1.29, 1.82) is 0 Å². The van der Waals surface area contributed by atoms with Crippen LogP contribution in [0.5, 0.6) is 0 Å². The third-order valence-electron chi connectivity index (χ3n) is 9.36. The Morgan fingerprint density at radius 1 is 0.878 bits per heavy atom. The van der Waals surface area contributed by atoms with E-state index in [2.05, 4.69) is 88.0 Å². The minimum atomic E-state index is -0.0163. The molecule has 2 heteroatoms. The van der Waals surface area contributed by atoms with Crippen LogP contribution in [-0.4, -0.2) is 24.4 Å². The SMILES string of the molecule is C=CC(=O)N(C)CCCc1ccc(-c2ccc(-c3ccc(C4CCC(CCCCC)CC4)cc3C)cc2CC)cc1. The molecule has 3 aromatic rings. The Labute approximate surface area is 249 Å². The van der Waals surface area contributed by atoms with E-state index in [1.54, 1.807) is 10.5 Å². The monoisotopic (exact) mass is 549 g/mol. The summed E-state index contributed by atoms with van der Waals surface area (Å²) in [6.07, 6.45) is 15.4. The van der Waals surface area contributed by atoms with Gasteiger partial charge in [-0.05, 0) is 114 Å². The number of hydrogen-bond acceptors (Lipinski definition) is 1. The molecule has 0 bridgehead atoms. The molecule has 1 saturated carbocycles. The van der Waals surface area contributed by atoms with Crippen LogP contribution < -0.4 is 0 Å². The normalized spacial score (nSPS) is 16.9. The maximum atomic E-state index is 11.7. The van der Waals surface area contributed by atoms with Crippen molar-refractivity contribution >= 4 is 5.91 Å². The van der Waals surface area contributed by atoms with Crippen LogP contribution in [0.3, 0.4) is 0 Å². The molecular weight excluding hydrogens is 498 g/mol. The van der Waals surface area contributed by atoms with E-state index >= 15 is 0 Å². The highest BCUT2D eigenvalue weighted by atomic mass is 16.2. The molecule has 1 fully saturated rings. The standard InChI is InChI=1S/C39H51NO/c1-6-9-10-12-30-14-18-33(19-15-30)35-22-24-37(29(4)27-35)36-23-25-38(32(7-2)28-36)34-20-16-31(17-21-34)13-11-26-40(5)39(41)8-3/h8,16-17,20-25,27-28,30,33H,3,6-7,9-15,18-19,26H2,1-2,4-5H3. The largest absolute Gasteiger partial charge is 0.342 e. The molecule has 0 spiro atoms. The molecule has 4 rings (SSSR count). The number of likely N-dealkylation sites (N-methyl/N-ethyl adjacent to an activating group) is 1. The van der Waals surface area contributed by atoms with Crippen LogP contribution in [0.4, 0.5) is 0 Å². The molecule has 0 atom stereocenters. The summed E-state index contributed by atoms with van der Waals surface area (Å²) in [4.78, 5) is 13.4. The molecule has 0 radical (unpaired) electrons.